The van der Waals surface area contributed by atoms with Gasteiger partial charge in [0.05, 0.1) is 38.0 Å². The molecule has 0 heterocycles. The van der Waals surface area contributed by atoms with Crippen molar-refractivity contribution in [1.29, 1.82) is 0 Å². The van der Waals surface area contributed by atoms with Gasteiger partial charge in [0.2, 0.25) is 0 Å². The molecule has 0 aromatic heterocycles. The number of nitrogens with two attached hydrogens (primary N) is 1. The van der Waals surface area contributed by atoms with Gasteiger partial charge in [-0.2, -0.15) is 57.4 Å². The molecule has 0 saturated heterocycles. The average Bonchev–Trinajstić information content (AvgIpc) is 3.28. The van der Waals surface area contributed by atoms with Crippen LogP contribution in [0.4, 0.5) is 56.9 Å². The number of hydrogen-bond acceptors (Lipinski definition) is 23. The minimum absolute atomic E-state index is 0.0203. The molecule has 0 spiro atoms. The summed E-state index contributed by atoms with van der Waals surface area (Å²) in [6, 6.07) is 16.9. The number of fused-ring (bicyclic) bond motifs is 2. The van der Waals surface area contributed by atoms with Crippen molar-refractivity contribution in [2.75, 3.05) is 5.73 Å². The summed E-state index contributed by atoms with van der Waals surface area (Å²) in [5, 5.41) is 61.4. The van der Waals surface area contributed by atoms with E-state index in [0.29, 0.717) is 18.2 Å². The van der Waals surface area contributed by atoms with Crippen molar-refractivity contribution in [2.24, 2.45) is 40.9 Å². The largest absolute Gasteiger partial charge is 0.505 e. The normalized spacial score (nSPS) is 13.1. The molecular weight excluding hydrogens is 1060 g/mol. The van der Waals surface area contributed by atoms with E-state index in [-0.39, 0.29) is 17.1 Å². The average molecular weight is 1090 g/mol. The summed E-state index contributed by atoms with van der Waals surface area (Å²) < 4.78 is 173. The van der Waals surface area contributed by atoms with Gasteiger partial charge >= 0.3 is 0 Å². The van der Waals surface area contributed by atoms with Crippen molar-refractivity contribution in [1.82, 2.24) is 0 Å². The summed E-state index contributed by atoms with van der Waals surface area (Å²) in [7, 11) is -25.9. The summed E-state index contributed by atoms with van der Waals surface area (Å²) >= 11 is 0. The van der Waals surface area contributed by atoms with Crippen molar-refractivity contribution in [2.45, 2.75) is 24.5 Å². The van der Waals surface area contributed by atoms with Crippen molar-refractivity contribution >= 4 is 129 Å². The van der Waals surface area contributed by atoms with E-state index < -0.39 is 153 Å². The maximum absolute atomic E-state index is 13.0. The van der Waals surface area contributed by atoms with E-state index in [2.05, 4.69) is 40.9 Å². The Morgan fingerprint density at radius 1 is 0.444 bits per heavy atom. The Balaban J connectivity index is 1.29. The molecule has 0 bridgehead atoms. The molecular formula is C38H26N10O19S5. The number of aromatic hydroxyl groups is 2. The monoisotopic (exact) mass is 1090 g/mol. The highest BCUT2D eigenvalue weighted by atomic mass is 32.2. The van der Waals surface area contributed by atoms with E-state index in [4.69, 9.17) is 5.73 Å². The van der Waals surface area contributed by atoms with Crippen LogP contribution in [0.15, 0.2) is 169 Å². The zero-order chi connectivity index (χ0) is 52.9. The van der Waals surface area contributed by atoms with Gasteiger partial charge in [0.1, 0.15) is 48.0 Å². The Morgan fingerprint density at radius 3 is 1.56 bits per heavy atom. The fraction of sp³-hybridized carbons (Fsp3) is 0. The van der Waals surface area contributed by atoms with Gasteiger partial charge in [-0.05, 0) is 78.9 Å². The van der Waals surface area contributed by atoms with Crippen molar-refractivity contribution < 1.29 is 80.0 Å². The van der Waals surface area contributed by atoms with Crippen molar-refractivity contribution in [3.63, 3.8) is 0 Å². The molecule has 0 aliphatic heterocycles. The minimum Gasteiger partial charge on any atom is -0.505 e. The van der Waals surface area contributed by atoms with Crippen LogP contribution >= 0.6 is 0 Å². The summed E-state index contributed by atoms with van der Waals surface area (Å²) in [6.45, 7) is 0. The third-order valence-corrected chi connectivity index (χ3v) is 14.1. The lowest BCUT2D eigenvalue weighted by molar-refractivity contribution is -0.385. The zero-order valence-electron chi connectivity index (χ0n) is 35.0. The number of phenolic OH excluding ortho intramolecular Hbond substituents is 2. The van der Waals surface area contributed by atoms with Gasteiger partial charge in [0, 0.05) is 28.3 Å². The van der Waals surface area contributed by atoms with E-state index >= 15 is 0 Å². The Labute approximate surface area is 403 Å². The third kappa shape index (κ3) is 10.9. The van der Waals surface area contributed by atoms with E-state index in [1.165, 1.54) is 36.4 Å². The number of nitrogen functional groups attached to an aromatic ring is 1. The zero-order valence-corrected chi connectivity index (χ0v) is 39.1. The molecule has 0 radical (unpaired) electrons. The van der Waals surface area contributed by atoms with Crippen LogP contribution in [-0.4, -0.2) is 80.0 Å². The Kier molecular flexibility index (Phi) is 13.5. The molecule has 0 aliphatic rings. The lowest BCUT2D eigenvalue weighted by atomic mass is 10.1. The molecule has 9 N–H and O–H groups in total. The second kappa shape index (κ2) is 18.9. The van der Waals surface area contributed by atoms with Gasteiger partial charge < -0.3 is 15.9 Å². The lowest BCUT2D eigenvalue weighted by Crippen LogP contribution is -2.03. The summed E-state index contributed by atoms with van der Waals surface area (Å²) in [4.78, 5) is 5.20. The van der Waals surface area contributed by atoms with Crippen LogP contribution in [-0.2, 0) is 50.6 Å². The van der Waals surface area contributed by atoms with Crippen LogP contribution in [0.3, 0.4) is 0 Å². The smallest absolute Gasteiger partial charge is 0.297 e. The predicted octanol–water partition coefficient (Wildman–Crippen LogP) is 8.79. The van der Waals surface area contributed by atoms with Crippen molar-refractivity contribution in [3.05, 3.63) is 113 Å². The number of nitro benzene ring substituents is 1. The van der Waals surface area contributed by atoms with Crippen LogP contribution in [0.1, 0.15) is 0 Å². The highest BCUT2D eigenvalue weighted by Crippen LogP contribution is 2.48. The maximum Gasteiger partial charge on any atom is 0.297 e. The van der Waals surface area contributed by atoms with Gasteiger partial charge in [-0.1, -0.05) is 12.1 Å². The second-order valence-electron chi connectivity index (χ2n) is 14.3. The molecule has 7 aromatic carbocycles. The quantitative estimate of drug-likeness (QED) is 0.0166. The first kappa shape index (κ1) is 51.7. The first-order valence-corrected chi connectivity index (χ1v) is 26.1. The van der Waals surface area contributed by atoms with Crippen LogP contribution in [0.25, 0.3) is 21.5 Å². The van der Waals surface area contributed by atoms with E-state index in [9.17, 15) is 85.2 Å². The van der Waals surface area contributed by atoms with Crippen molar-refractivity contribution in [3.8, 4) is 11.5 Å². The van der Waals surface area contributed by atoms with Gasteiger partial charge in [-0.25, -0.2) is 0 Å². The molecule has 0 amide bonds. The van der Waals surface area contributed by atoms with Gasteiger partial charge in [-0.15, -0.1) is 25.6 Å². The summed E-state index contributed by atoms with van der Waals surface area (Å²) in [5.74, 6) is -2.13. The maximum atomic E-state index is 13.0. The van der Waals surface area contributed by atoms with E-state index in [0.717, 1.165) is 48.5 Å². The minimum atomic E-state index is -5.55. The number of phenols is 2. The van der Waals surface area contributed by atoms with Gasteiger partial charge in [-0.3, -0.25) is 32.9 Å². The van der Waals surface area contributed by atoms with Crippen LogP contribution < -0.4 is 5.73 Å². The van der Waals surface area contributed by atoms with Crippen LogP contribution in [0, 0.1) is 10.1 Å². The number of nitro groups is 1. The first-order valence-electron chi connectivity index (χ1n) is 18.9. The molecule has 372 valence electrons. The predicted molar refractivity (Wildman–Crippen MR) is 247 cm³/mol. The number of anilines is 1. The fourth-order valence-electron chi connectivity index (χ4n) is 6.50. The number of hydrogen-bond donors (Lipinski definition) is 8. The standard InChI is InChI=1S/C38H26N10O19S5/c39-34-29(17-30(69(56,57)58)24-10-12-27(37(50)33(24)34)44-43-26-11-8-21(48(51)52)15-31(26)70(59,60)61)46-45-28-13-9-23-25(38(28)72(65,66)67)16-32(71(62,63)64)35(36(23)49)47-41-19-6-4-18(5-7-19)40-42-20-2-1-3-22(14-20)68(53,54)55/h1-17,49-50H,39H2,(H,53,54,55)(H,56,57,58)(H,59,60,61)(H,62,63,64)(H,65,66,67). The highest BCUT2D eigenvalue weighted by Gasteiger charge is 2.29. The summed E-state index contributed by atoms with van der Waals surface area (Å²) in [6.07, 6.45) is 0. The third-order valence-electron chi connectivity index (χ3n) is 9.69. The fourth-order valence-corrected chi connectivity index (χ4v) is 9.84. The molecule has 34 heteroatoms. The molecule has 0 fully saturated rings. The molecule has 72 heavy (non-hydrogen) atoms. The van der Waals surface area contributed by atoms with Crippen LogP contribution in [0.2, 0.25) is 0 Å². The highest BCUT2D eigenvalue weighted by molar-refractivity contribution is 7.87. The Morgan fingerprint density at radius 2 is 0.972 bits per heavy atom. The molecule has 0 unspecified atom stereocenters. The topological polar surface area (TPSA) is 480 Å². The Hall–Kier alpha value is -8.19. The Bertz CT molecular complexity index is 4190. The molecule has 7 rings (SSSR count). The van der Waals surface area contributed by atoms with Gasteiger partial charge in [0.15, 0.2) is 11.5 Å². The number of azo groups is 4. The molecule has 29 nitrogen and oxygen atoms in total. The molecule has 0 saturated carbocycles. The molecule has 7 aromatic rings. The second-order valence-corrected chi connectivity index (χ2v) is 21.3. The SMILES string of the molecule is Nc1c(N=Nc2ccc3c(O)c(N=Nc4ccc(N=Nc5cccc(S(=O)(=O)O)c5)cc4)c(S(=O)(=O)O)cc3c2S(=O)(=O)O)cc(S(=O)(=O)O)c2ccc(N=Nc3ccc([N+](=O)[O-])cc3S(=O)(=O)O)c(O)c12. The molecule has 0 atom stereocenters. The van der Waals surface area contributed by atoms with E-state index in [1.807, 2.05) is 0 Å². The lowest BCUT2D eigenvalue weighted by Gasteiger charge is -2.13. The number of non-ortho nitro benzene ring substituents is 1. The number of nitrogens with zero attached hydrogens (tertiary/aromatic N) is 9. The van der Waals surface area contributed by atoms with Crippen LogP contribution in [0.5, 0.6) is 11.5 Å². The molecule has 0 aliphatic carbocycles. The summed E-state index contributed by atoms with van der Waals surface area (Å²) in [5.41, 5.74) is 1.25. The number of rotatable bonds is 14. The van der Waals surface area contributed by atoms with Gasteiger partial charge in [0.25, 0.3) is 56.3 Å². The first-order chi connectivity index (χ1) is 33.4. The van der Waals surface area contributed by atoms with E-state index in [1.54, 1.807) is 0 Å². The number of benzene rings is 7.